The first-order valence-corrected chi connectivity index (χ1v) is 5.98. The Morgan fingerprint density at radius 3 is 2.88 bits per heavy atom. The quantitative estimate of drug-likeness (QED) is 0.809. The van der Waals surface area contributed by atoms with Crippen molar-refractivity contribution in [3.63, 3.8) is 0 Å². The molecule has 16 heavy (non-hydrogen) atoms. The van der Waals surface area contributed by atoms with Crippen molar-refractivity contribution < 1.29 is 9.59 Å². The lowest BCUT2D eigenvalue weighted by Crippen LogP contribution is -2.30. The fourth-order valence-corrected chi connectivity index (χ4v) is 2.50. The van der Waals surface area contributed by atoms with Crippen LogP contribution in [0, 0.1) is 0 Å². The molecule has 2 heterocycles. The number of rotatable bonds is 3. The minimum absolute atomic E-state index is 0.126. The summed E-state index contributed by atoms with van der Waals surface area (Å²) in [7, 11) is 0. The second-order valence-electron chi connectivity index (χ2n) is 3.68. The van der Waals surface area contributed by atoms with E-state index in [9.17, 15) is 9.59 Å². The van der Waals surface area contributed by atoms with Gasteiger partial charge in [-0.15, -0.1) is 11.3 Å². The van der Waals surface area contributed by atoms with Crippen LogP contribution in [0.1, 0.15) is 29.8 Å². The van der Waals surface area contributed by atoms with E-state index in [1.54, 1.807) is 11.3 Å². The van der Waals surface area contributed by atoms with E-state index in [1.165, 1.54) is 9.78 Å². The number of aromatic nitrogens is 1. The van der Waals surface area contributed by atoms with Gasteiger partial charge in [0.05, 0.1) is 6.04 Å². The number of carbonyl (C=O) groups is 2. The number of nitrogens with zero attached hydrogens (tertiary/aromatic N) is 2. The maximum absolute atomic E-state index is 11.4. The first-order chi connectivity index (χ1) is 7.61. The summed E-state index contributed by atoms with van der Waals surface area (Å²) in [6.45, 7) is 4.07. The molecule has 0 bridgehead atoms. The third-order valence-electron chi connectivity index (χ3n) is 2.57. The van der Waals surface area contributed by atoms with Gasteiger partial charge in [0.1, 0.15) is 11.6 Å². The van der Waals surface area contributed by atoms with E-state index in [4.69, 9.17) is 0 Å². The van der Waals surface area contributed by atoms with E-state index in [1.807, 2.05) is 13.1 Å². The van der Waals surface area contributed by atoms with Gasteiger partial charge in [-0.1, -0.05) is 6.92 Å². The number of carbonyl (C=O) groups excluding carboxylic acids is 2. The lowest BCUT2D eigenvalue weighted by atomic mass is 10.3. The van der Waals surface area contributed by atoms with Gasteiger partial charge in [0, 0.05) is 11.1 Å². The molecular weight excluding hydrogens is 226 g/mol. The van der Waals surface area contributed by atoms with Crippen LogP contribution in [-0.2, 0) is 11.2 Å². The fraction of sp³-hybridized carbons (Fsp3) is 0.500. The summed E-state index contributed by atoms with van der Waals surface area (Å²) in [6, 6.07) is -0.470. The topological polar surface area (TPSA) is 62.3 Å². The Labute approximate surface area is 97.5 Å². The Balaban J connectivity index is 2.15. The van der Waals surface area contributed by atoms with Crippen LogP contribution < -0.4 is 5.32 Å². The Morgan fingerprint density at radius 1 is 1.62 bits per heavy atom. The van der Waals surface area contributed by atoms with Crippen LogP contribution in [-0.4, -0.2) is 28.4 Å². The van der Waals surface area contributed by atoms with Crippen LogP contribution >= 0.6 is 11.3 Å². The monoisotopic (exact) mass is 239 g/mol. The van der Waals surface area contributed by atoms with E-state index in [2.05, 4.69) is 17.2 Å². The zero-order chi connectivity index (χ0) is 11.7. The summed E-state index contributed by atoms with van der Waals surface area (Å²) >= 11 is 1.59. The van der Waals surface area contributed by atoms with Gasteiger partial charge in [-0.2, -0.15) is 0 Å². The number of aryl methyl sites for hydroxylation is 1. The number of hydrogen-bond acceptors (Lipinski definition) is 4. The Bertz CT molecular complexity index is 429. The number of hydrogen-bond donors (Lipinski definition) is 1. The van der Waals surface area contributed by atoms with Gasteiger partial charge in [0.25, 0.3) is 0 Å². The summed E-state index contributed by atoms with van der Waals surface area (Å²) in [5.74, 6) is -0.246. The van der Waals surface area contributed by atoms with E-state index in [-0.39, 0.29) is 24.5 Å². The molecule has 1 aliphatic heterocycles. The van der Waals surface area contributed by atoms with Crippen LogP contribution in [0.3, 0.4) is 0 Å². The van der Waals surface area contributed by atoms with Gasteiger partial charge < -0.3 is 4.90 Å². The molecule has 6 heteroatoms. The molecular formula is C10H13N3O2S. The molecule has 1 atom stereocenters. The predicted molar refractivity (Wildman–Crippen MR) is 60.2 cm³/mol. The third-order valence-corrected chi connectivity index (χ3v) is 3.88. The normalized spacial score (nSPS) is 17.8. The smallest absolute Gasteiger partial charge is 0.306 e. The summed E-state index contributed by atoms with van der Waals surface area (Å²) in [5, 5.41) is 3.14. The van der Waals surface area contributed by atoms with Gasteiger partial charge in [0.2, 0.25) is 5.91 Å². The Morgan fingerprint density at radius 2 is 2.38 bits per heavy atom. The Hall–Kier alpha value is -1.43. The maximum Gasteiger partial charge on any atom is 0.325 e. The molecule has 1 fully saturated rings. The van der Waals surface area contributed by atoms with Crippen molar-refractivity contribution in [2.24, 2.45) is 0 Å². The molecule has 1 aromatic rings. The molecule has 3 amide bonds. The van der Waals surface area contributed by atoms with Crippen molar-refractivity contribution in [2.75, 3.05) is 6.54 Å². The first-order valence-electron chi connectivity index (χ1n) is 5.17. The molecule has 2 rings (SSSR count). The average molecular weight is 239 g/mol. The zero-order valence-electron chi connectivity index (χ0n) is 9.19. The number of nitrogens with one attached hydrogen (secondary N) is 1. The molecule has 1 aliphatic rings. The third kappa shape index (κ3) is 1.92. The van der Waals surface area contributed by atoms with E-state index >= 15 is 0 Å². The molecule has 86 valence electrons. The minimum atomic E-state index is -0.328. The van der Waals surface area contributed by atoms with Crippen molar-refractivity contribution in [2.45, 2.75) is 26.3 Å². The van der Waals surface area contributed by atoms with Crippen LogP contribution in [0.4, 0.5) is 4.79 Å². The first kappa shape index (κ1) is 11.1. The van der Waals surface area contributed by atoms with Crippen molar-refractivity contribution in [3.8, 4) is 0 Å². The van der Waals surface area contributed by atoms with Gasteiger partial charge >= 0.3 is 6.03 Å². The molecule has 1 unspecified atom stereocenters. The fourth-order valence-electron chi connectivity index (χ4n) is 1.58. The maximum atomic E-state index is 11.4. The summed E-state index contributed by atoms with van der Waals surface area (Å²) in [4.78, 5) is 29.5. The van der Waals surface area contributed by atoms with Gasteiger partial charge in [-0.3, -0.25) is 10.1 Å². The lowest BCUT2D eigenvalue weighted by molar-refractivity contribution is -0.118. The van der Waals surface area contributed by atoms with Gasteiger partial charge in [-0.25, -0.2) is 9.78 Å². The molecule has 5 nitrogen and oxygen atoms in total. The van der Waals surface area contributed by atoms with Gasteiger partial charge in [0.15, 0.2) is 0 Å². The molecule has 0 aliphatic carbocycles. The largest absolute Gasteiger partial charge is 0.325 e. The summed E-state index contributed by atoms with van der Waals surface area (Å²) < 4.78 is 0. The minimum Gasteiger partial charge on any atom is -0.306 e. The number of thiazole rings is 1. The second-order valence-corrected chi connectivity index (χ2v) is 4.82. The van der Waals surface area contributed by atoms with E-state index < -0.39 is 0 Å². The Kier molecular flexibility index (Phi) is 2.91. The number of urea groups is 1. The SMILES string of the molecule is CCc1cnc(C(C)N2CC(=O)NC2=O)s1. The molecule has 1 N–H and O–H groups in total. The lowest BCUT2D eigenvalue weighted by Gasteiger charge is -2.19. The van der Waals surface area contributed by atoms with Crippen LogP contribution in [0.25, 0.3) is 0 Å². The highest BCUT2D eigenvalue weighted by atomic mass is 32.1. The summed E-state index contributed by atoms with van der Waals surface area (Å²) in [5.41, 5.74) is 0. The molecule has 0 radical (unpaired) electrons. The van der Waals surface area contributed by atoms with Crippen LogP contribution in [0.15, 0.2) is 6.20 Å². The van der Waals surface area contributed by atoms with E-state index in [0.717, 1.165) is 11.4 Å². The molecule has 1 aromatic heterocycles. The van der Waals surface area contributed by atoms with Crippen molar-refractivity contribution in [1.29, 1.82) is 0 Å². The predicted octanol–water partition coefficient (Wildman–Crippen LogP) is 1.32. The van der Waals surface area contributed by atoms with Crippen LogP contribution in [0.2, 0.25) is 0 Å². The highest BCUT2D eigenvalue weighted by molar-refractivity contribution is 7.11. The standard InChI is InChI=1S/C10H13N3O2S/c1-3-7-4-11-9(16-7)6(2)13-5-8(14)12-10(13)15/h4,6H,3,5H2,1-2H3,(H,12,14,15). The van der Waals surface area contributed by atoms with Crippen LogP contribution in [0.5, 0.6) is 0 Å². The van der Waals surface area contributed by atoms with Crippen molar-refractivity contribution in [3.05, 3.63) is 16.1 Å². The highest BCUT2D eigenvalue weighted by Crippen LogP contribution is 2.26. The van der Waals surface area contributed by atoms with Crippen molar-refractivity contribution >= 4 is 23.3 Å². The second kappa shape index (κ2) is 4.21. The average Bonchev–Trinajstić information content (AvgIpc) is 2.84. The number of imide groups is 1. The number of amides is 3. The molecule has 0 saturated carbocycles. The molecule has 0 aromatic carbocycles. The van der Waals surface area contributed by atoms with Crippen molar-refractivity contribution in [1.82, 2.24) is 15.2 Å². The summed E-state index contributed by atoms with van der Waals surface area (Å²) in [6.07, 6.45) is 2.77. The highest BCUT2D eigenvalue weighted by Gasteiger charge is 2.32. The molecule has 1 saturated heterocycles. The zero-order valence-corrected chi connectivity index (χ0v) is 10.0. The van der Waals surface area contributed by atoms with E-state index in [0.29, 0.717) is 0 Å². The molecule has 0 spiro atoms. The van der Waals surface area contributed by atoms with Gasteiger partial charge in [-0.05, 0) is 13.3 Å².